The molecule has 0 radical (unpaired) electrons. The number of benzene rings is 2. The van der Waals surface area contributed by atoms with Crippen LogP contribution in [0.4, 0.5) is 5.69 Å². The van der Waals surface area contributed by atoms with E-state index in [0.717, 1.165) is 12.0 Å². The molecule has 0 aromatic heterocycles. The highest BCUT2D eigenvalue weighted by molar-refractivity contribution is 7.93. The molecule has 3 rings (SSSR count). The fraction of sp³-hybridized carbons (Fsp3) is 0.316. The molecule has 0 unspecified atom stereocenters. The van der Waals surface area contributed by atoms with Gasteiger partial charge in [0.05, 0.1) is 16.6 Å². The van der Waals surface area contributed by atoms with Crippen molar-refractivity contribution in [3.05, 3.63) is 58.7 Å². The number of carbonyl (C=O) groups excluding carboxylic acids is 1. The average Bonchev–Trinajstić information content (AvgIpc) is 2.56. The van der Waals surface area contributed by atoms with Crippen LogP contribution < -0.4 is 9.41 Å². The first-order valence-corrected chi connectivity index (χ1v) is 9.62. The number of aromatic carboxylic acids is 1. The number of hydrogen-bond acceptors (Lipinski definition) is 4. The normalized spacial score (nSPS) is 17.2. The molecule has 0 N–H and O–H groups in total. The monoisotopic (exact) mass is 358 g/mol. The van der Waals surface area contributed by atoms with E-state index in [1.165, 1.54) is 16.4 Å². The lowest BCUT2D eigenvalue weighted by molar-refractivity contribution is -0.255. The lowest BCUT2D eigenvalue weighted by Gasteiger charge is -2.36. The second kappa shape index (κ2) is 6.19. The molecule has 0 aliphatic carbocycles. The number of carbonyl (C=O) groups is 1. The molecule has 25 heavy (non-hydrogen) atoms. The van der Waals surface area contributed by atoms with Crippen LogP contribution in [0.5, 0.6) is 0 Å². The van der Waals surface area contributed by atoms with Gasteiger partial charge < -0.3 is 9.90 Å². The van der Waals surface area contributed by atoms with Crippen molar-refractivity contribution in [1.29, 1.82) is 0 Å². The lowest BCUT2D eigenvalue weighted by Crippen LogP contribution is -2.42. The van der Waals surface area contributed by atoms with Crippen LogP contribution in [0.25, 0.3) is 0 Å². The highest BCUT2D eigenvalue weighted by atomic mass is 32.2. The zero-order valence-electron chi connectivity index (χ0n) is 14.4. The Kier molecular flexibility index (Phi) is 4.33. The number of rotatable bonds is 3. The number of carboxylic acids is 1. The molecule has 0 amide bonds. The van der Waals surface area contributed by atoms with Gasteiger partial charge in [0.1, 0.15) is 0 Å². The molecular formula is C19H20NO4S-. The second-order valence-corrected chi connectivity index (χ2v) is 8.30. The first-order chi connectivity index (χ1) is 11.7. The van der Waals surface area contributed by atoms with Crippen LogP contribution in [0, 0.1) is 13.8 Å². The van der Waals surface area contributed by atoms with Gasteiger partial charge in [-0.1, -0.05) is 18.2 Å². The number of hydrogen-bond donors (Lipinski definition) is 0. The quantitative estimate of drug-likeness (QED) is 0.843. The Morgan fingerprint density at radius 3 is 2.56 bits per heavy atom. The van der Waals surface area contributed by atoms with Crippen molar-refractivity contribution in [2.45, 2.75) is 44.6 Å². The first kappa shape index (κ1) is 17.5. The number of fused-ring (bicyclic) bond motifs is 1. The van der Waals surface area contributed by atoms with Crippen molar-refractivity contribution in [1.82, 2.24) is 0 Å². The van der Waals surface area contributed by atoms with E-state index in [0.29, 0.717) is 23.2 Å². The number of para-hydroxylation sites is 1. The molecule has 0 fully saturated rings. The fourth-order valence-corrected chi connectivity index (χ4v) is 5.39. The summed E-state index contributed by atoms with van der Waals surface area (Å²) >= 11 is 0. The zero-order chi connectivity index (χ0) is 18.4. The summed E-state index contributed by atoms with van der Waals surface area (Å²) in [6.45, 7) is 5.27. The van der Waals surface area contributed by atoms with E-state index in [2.05, 4.69) is 0 Å². The molecular weight excluding hydrogens is 338 g/mol. The summed E-state index contributed by atoms with van der Waals surface area (Å²) in [5.41, 5.74) is 2.69. The van der Waals surface area contributed by atoms with Crippen molar-refractivity contribution in [2.75, 3.05) is 4.31 Å². The summed E-state index contributed by atoms with van der Waals surface area (Å²) in [6.07, 6.45) is 1.54. The van der Waals surface area contributed by atoms with Crippen LogP contribution >= 0.6 is 0 Å². The predicted molar refractivity (Wildman–Crippen MR) is 94.1 cm³/mol. The maximum absolute atomic E-state index is 13.4. The molecule has 1 aliphatic heterocycles. The Morgan fingerprint density at radius 1 is 1.20 bits per heavy atom. The van der Waals surface area contributed by atoms with Gasteiger partial charge >= 0.3 is 0 Å². The summed E-state index contributed by atoms with van der Waals surface area (Å²) < 4.78 is 28.3. The predicted octanol–water partition coefficient (Wildman–Crippen LogP) is 2.20. The number of aryl methyl sites for hydroxylation is 2. The molecule has 2 aromatic rings. The zero-order valence-corrected chi connectivity index (χ0v) is 15.3. The van der Waals surface area contributed by atoms with Crippen LogP contribution in [0.1, 0.15) is 40.4 Å². The van der Waals surface area contributed by atoms with Gasteiger partial charge in [0.2, 0.25) is 0 Å². The summed E-state index contributed by atoms with van der Waals surface area (Å²) in [5.74, 6) is -1.38. The third-order valence-electron chi connectivity index (χ3n) is 4.85. The summed E-state index contributed by atoms with van der Waals surface area (Å²) in [4.78, 5) is 11.3. The van der Waals surface area contributed by atoms with Gasteiger partial charge in [-0.15, -0.1) is 0 Å². The molecule has 132 valence electrons. The topological polar surface area (TPSA) is 77.5 Å². The standard InChI is InChI=1S/C19H21NO4S/c1-12-10-16(19(21)22)11-18(14(12)3)25(23,24)20-13(2)8-9-15-6-4-5-7-17(15)20/h4-7,10-11,13H,8-9H2,1-3H3,(H,21,22)/p-1/t13-/m1/s1. The van der Waals surface area contributed by atoms with E-state index in [-0.39, 0.29) is 16.5 Å². The van der Waals surface area contributed by atoms with Gasteiger partial charge in [0.15, 0.2) is 0 Å². The summed E-state index contributed by atoms with van der Waals surface area (Å²) in [5, 5.41) is 11.3. The minimum absolute atomic E-state index is 0.0234. The van der Waals surface area contributed by atoms with E-state index in [4.69, 9.17) is 0 Å². The van der Waals surface area contributed by atoms with Crippen molar-refractivity contribution < 1.29 is 18.3 Å². The smallest absolute Gasteiger partial charge is 0.264 e. The van der Waals surface area contributed by atoms with Gasteiger partial charge in [0, 0.05) is 6.04 Å². The van der Waals surface area contributed by atoms with Crippen molar-refractivity contribution >= 4 is 21.7 Å². The van der Waals surface area contributed by atoms with Crippen LogP contribution in [0.3, 0.4) is 0 Å². The van der Waals surface area contributed by atoms with Crippen LogP contribution in [-0.2, 0) is 16.4 Å². The largest absolute Gasteiger partial charge is 0.545 e. The molecule has 1 aliphatic rings. The molecule has 0 saturated carbocycles. The maximum Gasteiger partial charge on any atom is 0.264 e. The van der Waals surface area contributed by atoms with Crippen LogP contribution in [-0.4, -0.2) is 20.4 Å². The molecule has 5 nitrogen and oxygen atoms in total. The number of anilines is 1. The van der Waals surface area contributed by atoms with E-state index in [1.807, 2.05) is 25.1 Å². The molecule has 0 saturated heterocycles. The van der Waals surface area contributed by atoms with Gasteiger partial charge in [-0.2, -0.15) is 0 Å². The van der Waals surface area contributed by atoms with Gasteiger partial charge in [-0.05, 0) is 74.1 Å². The second-order valence-electron chi connectivity index (χ2n) is 6.52. The Morgan fingerprint density at radius 2 is 1.88 bits per heavy atom. The van der Waals surface area contributed by atoms with Crippen LogP contribution in [0.15, 0.2) is 41.3 Å². The number of nitrogens with zero attached hydrogens (tertiary/aromatic N) is 1. The molecule has 0 bridgehead atoms. The summed E-state index contributed by atoms with van der Waals surface area (Å²) in [6, 6.07) is 9.88. The Labute approximate surface area is 148 Å². The third kappa shape index (κ3) is 2.91. The minimum Gasteiger partial charge on any atom is -0.545 e. The van der Waals surface area contributed by atoms with Crippen molar-refractivity contribution in [3.63, 3.8) is 0 Å². The van der Waals surface area contributed by atoms with E-state index < -0.39 is 16.0 Å². The van der Waals surface area contributed by atoms with Crippen molar-refractivity contribution in [2.24, 2.45) is 0 Å². The molecule has 1 heterocycles. The van der Waals surface area contributed by atoms with Gasteiger partial charge in [0.25, 0.3) is 10.0 Å². The molecule has 2 aromatic carbocycles. The summed E-state index contributed by atoms with van der Waals surface area (Å²) in [7, 11) is -3.89. The Hall–Kier alpha value is -2.34. The number of sulfonamides is 1. The van der Waals surface area contributed by atoms with Gasteiger partial charge in [-0.3, -0.25) is 4.31 Å². The van der Waals surface area contributed by atoms with E-state index >= 15 is 0 Å². The molecule has 0 spiro atoms. The Bertz CT molecular complexity index is 950. The fourth-order valence-electron chi connectivity index (χ4n) is 3.34. The lowest BCUT2D eigenvalue weighted by atomic mass is 9.99. The Balaban J connectivity index is 2.23. The molecule has 1 atom stereocenters. The van der Waals surface area contributed by atoms with E-state index in [9.17, 15) is 18.3 Å². The first-order valence-electron chi connectivity index (χ1n) is 8.18. The maximum atomic E-state index is 13.4. The van der Waals surface area contributed by atoms with E-state index in [1.54, 1.807) is 19.9 Å². The molecule has 6 heteroatoms. The minimum atomic E-state index is -3.89. The van der Waals surface area contributed by atoms with Crippen LogP contribution in [0.2, 0.25) is 0 Å². The van der Waals surface area contributed by atoms with Gasteiger partial charge in [-0.25, -0.2) is 8.42 Å². The SMILES string of the molecule is Cc1cc(C(=O)[O-])cc(S(=O)(=O)N2c3ccccc3CC[C@H]2C)c1C. The highest BCUT2D eigenvalue weighted by Gasteiger charge is 2.34. The average molecular weight is 358 g/mol. The third-order valence-corrected chi connectivity index (χ3v) is 6.91. The van der Waals surface area contributed by atoms with Crippen molar-refractivity contribution in [3.8, 4) is 0 Å². The highest BCUT2D eigenvalue weighted by Crippen LogP contribution is 2.36. The number of carboxylic acid groups (broad SMARTS) is 1.